The maximum absolute atomic E-state index is 5.22. The van der Waals surface area contributed by atoms with E-state index in [0.717, 1.165) is 33.7 Å². The fourth-order valence-corrected chi connectivity index (χ4v) is 2.24. The molecule has 0 unspecified atom stereocenters. The second kappa shape index (κ2) is 6.31. The van der Waals surface area contributed by atoms with Crippen LogP contribution in [0.2, 0.25) is 0 Å². The number of methoxy groups -OCH3 is 2. The molecule has 0 aliphatic rings. The number of benzene rings is 2. The number of hydrogen-bond acceptors (Lipinski definition) is 3. The van der Waals surface area contributed by atoms with Crippen LogP contribution in [0.4, 0.5) is 0 Å². The maximum Gasteiger partial charge on any atom is 0.119 e. The summed E-state index contributed by atoms with van der Waals surface area (Å²) in [6, 6.07) is 17.9. The SMILES string of the molecule is COc1ccc(C=Cc2ccc3cc(OC)ccc3n2)cc1. The highest BCUT2D eigenvalue weighted by Crippen LogP contribution is 2.20. The fourth-order valence-electron chi connectivity index (χ4n) is 2.24. The first-order chi connectivity index (χ1) is 10.8. The van der Waals surface area contributed by atoms with Crippen LogP contribution >= 0.6 is 0 Å². The Balaban J connectivity index is 1.84. The van der Waals surface area contributed by atoms with E-state index in [0.29, 0.717) is 0 Å². The summed E-state index contributed by atoms with van der Waals surface area (Å²) in [7, 11) is 3.33. The van der Waals surface area contributed by atoms with Crippen molar-refractivity contribution in [2.24, 2.45) is 0 Å². The first kappa shape index (κ1) is 14.1. The van der Waals surface area contributed by atoms with Crippen LogP contribution in [0.25, 0.3) is 23.1 Å². The maximum atomic E-state index is 5.22. The lowest BCUT2D eigenvalue weighted by Gasteiger charge is -2.03. The van der Waals surface area contributed by atoms with Crippen molar-refractivity contribution in [2.75, 3.05) is 14.2 Å². The van der Waals surface area contributed by atoms with Crippen LogP contribution in [0.15, 0.2) is 54.6 Å². The second-order valence-corrected chi connectivity index (χ2v) is 4.90. The molecule has 0 saturated carbocycles. The molecule has 1 heterocycles. The third kappa shape index (κ3) is 3.09. The Morgan fingerprint density at radius 2 is 1.50 bits per heavy atom. The van der Waals surface area contributed by atoms with Gasteiger partial charge in [-0.1, -0.05) is 24.3 Å². The van der Waals surface area contributed by atoms with Gasteiger partial charge in [0.15, 0.2) is 0 Å². The van der Waals surface area contributed by atoms with Gasteiger partial charge < -0.3 is 9.47 Å². The minimum atomic E-state index is 0.843. The lowest BCUT2D eigenvalue weighted by atomic mass is 10.1. The van der Waals surface area contributed by atoms with E-state index in [-0.39, 0.29) is 0 Å². The van der Waals surface area contributed by atoms with Crippen molar-refractivity contribution < 1.29 is 9.47 Å². The van der Waals surface area contributed by atoms with Crippen molar-refractivity contribution in [1.82, 2.24) is 4.98 Å². The number of hydrogen-bond donors (Lipinski definition) is 0. The molecule has 22 heavy (non-hydrogen) atoms. The van der Waals surface area contributed by atoms with Crippen molar-refractivity contribution >= 4 is 23.1 Å². The van der Waals surface area contributed by atoms with Crippen LogP contribution in [0.5, 0.6) is 11.5 Å². The Morgan fingerprint density at radius 1 is 0.773 bits per heavy atom. The summed E-state index contributed by atoms with van der Waals surface area (Å²) >= 11 is 0. The zero-order valence-electron chi connectivity index (χ0n) is 12.6. The van der Waals surface area contributed by atoms with Crippen LogP contribution < -0.4 is 9.47 Å². The average Bonchev–Trinajstić information content (AvgIpc) is 2.59. The predicted molar refractivity (Wildman–Crippen MR) is 90.2 cm³/mol. The number of aromatic nitrogens is 1. The van der Waals surface area contributed by atoms with E-state index < -0.39 is 0 Å². The van der Waals surface area contributed by atoms with E-state index in [1.165, 1.54) is 0 Å². The summed E-state index contributed by atoms with van der Waals surface area (Å²) < 4.78 is 10.4. The monoisotopic (exact) mass is 291 g/mol. The molecular formula is C19H17NO2. The van der Waals surface area contributed by atoms with Gasteiger partial charge in [0.1, 0.15) is 11.5 Å². The van der Waals surface area contributed by atoms with Gasteiger partial charge in [-0.05, 0) is 48.0 Å². The van der Waals surface area contributed by atoms with Gasteiger partial charge in [0.2, 0.25) is 0 Å². The Kier molecular flexibility index (Phi) is 4.05. The minimum Gasteiger partial charge on any atom is -0.497 e. The molecule has 0 aliphatic carbocycles. The van der Waals surface area contributed by atoms with Crippen molar-refractivity contribution in [3.63, 3.8) is 0 Å². The molecule has 3 heteroatoms. The Hall–Kier alpha value is -2.81. The fraction of sp³-hybridized carbons (Fsp3) is 0.105. The van der Waals surface area contributed by atoms with Gasteiger partial charge in [-0.25, -0.2) is 4.98 Å². The summed E-state index contributed by atoms with van der Waals surface area (Å²) in [6.07, 6.45) is 4.04. The molecule has 3 rings (SSSR count). The third-order valence-electron chi connectivity index (χ3n) is 3.48. The topological polar surface area (TPSA) is 31.4 Å². The molecule has 0 bridgehead atoms. The molecule has 0 saturated heterocycles. The molecule has 0 spiro atoms. The van der Waals surface area contributed by atoms with Gasteiger partial charge in [0.25, 0.3) is 0 Å². The summed E-state index contributed by atoms with van der Waals surface area (Å²) in [5.41, 5.74) is 2.99. The minimum absolute atomic E-state index is 0.843. The van der Waals surface area contributed by atoms with Gasteiger partial charge in [-0.2, -0.15) is 0 Å². The average molecular weight is 291 g/mol. The molecule has 2 aromatic carbocycles. The van der Waals surface area contributed by atoms with Crippen LogP contribution in [-0.4, -0.2) is 19.2 Å². The van der Waals surface area contributed by atoms with Gasteiger partial charge >= 0.3 is 0 Å². The van der Waals surface area contributed by atoms with E-state index >= 15 is 0 Å². The number of nitrogens with zero attached hydrogens (tertiary/aromatic N) is 1. The second-order valence-electron chi connectivity index (χ2n) is 4.90. The molecule has 0 atom stereocenters. The smallest absolute Gasteiger partial charge is 0.119 e. The summed E-state index contributed by atoms with van der Waals surface area (Å²) in [5.74, 6) is 1.70. The molecule has 0 radical (unpaired) electrons. The molecule has 3 aromatic rings. The first-order valence-electron chi connectivity index (χ1n) is 7.05. The van der Waals surface area contributed by atoms with Gasteiger partial charge in [0, 0.05) is 5.39 Å². The van der Waals surface area contributed by atoms with Crippen LogP contribution in [-0.2, 0) is 0 Å². The molecule has 0 aliphatic heterocycles. The molecule has 110 valence electrons. The lowest BCUT2D eigenvalue weighted by molar-refractivity contribution is 0.415. The van der Waals surface area contributed by atoms with Crippen LogP contribution in [0, 0.1) is 0 Å². The highest BCUT2D eigenvalue weighted by Gasteiger charge is 1.98. The Morgan fingerprint density at radius 3 is 2.23 bits per heavy atom. The van der Waals surface area contributed by atoms with E-state index in [2.05, 4.69) is 11.1 Å². The highest BCUT2D eigenvalue weighted by atomic mass is 16.5. The highest BCUT2D eigenvalue weighted by molar-refractivity contribution is 5.82. The van der Waals surface area contributed by atoms with Crippen LogP contribution in [0.1, 0.15) is 11.3 Å². The molecule has 3 nitrogen and oxygen atoms in total. The largest absolute Gasteiger partial charge is 0.497 e. The standard InChI is InChI=1S/C19H17NO2/c1-21-17-9-4-14(5-10-17)3-7-16-8-6-15-13-18(22-2)11-12-19(15)20-16/h3-13H,1-2H3. The van der Waals surface area contributed by atoms with Crippen molar-refractivity contribution in [3.05, 3.63) is 65.9 Å². The summed E-state index contributed by atoms with van der Waals surface area (Å²) in [6.45, 7) is 0. The van der Waals surface area contributed by atoms with E-state index in [1.54, 1.807) is 14.2 Å². The molecule has 0 N–H and O–H groups in total. The molecular weight excluding hydrogens is 274 g/mol. The predicted octanol–water partition coefficient (Wildman–Crippen LogP) is 4.42. The van der Waals surface area contributed by atoms with E-state index in [4.69, 9.17) is 9.47 Å². The quantitative estimate of drug-likeness (QED) is 0.713. The van der Waals surface area contributed by atoms with Crippen molar-refractivity contribution in [3.8, 4) is 11.5 Å². The van der Waals surface area contributed by atoms with E-state index in [1.807, 2.05) is 60.7 Å². The Labute approximate surface area is 129 Å². The van der Waals surface area contributed by atoms with Crippen LogP contribution in [0.3, 0.4) is 0 Å². The van der Waals surface area contributed by atoms with Crippen molar-refractivity contribution in [1.29, 1.82) is 0 Å². The van der Waals surface area contributed by atoms with Crippen molar-refractivity contribution in [2.45, 2.75) is 0 Å². The zero-order chi connectivity index (χ0) is 15.4. The zero-order valence-corrected chi connectivity index (χ0v) is 12.6. The summed E-state index contributed by atoms with van der Waals surface area (Å²) in [4.78, 5) is 4.63. The first-order valence-corrected chi connectivity index (χ1v) is 7.05. The Bertz CT molecular complexity index is 807. The summed E-state index contributed by atoms with van der Waals surface area (Å²) in [5, 5.41) is 1.07. The normalized spacial score (nSPS) is 11.0. The lowest BCUT2D eigenvalue weighted by Crippen LogP contribution is -1.86. The number of rotatable bonds is 4. The van der Waals surface area contributed by atoms with Gasteiger partial charge in [0.05, 0.1) is 25.4 Å². The number of ether oxygens (including phenoxy) is 2. The van der Waals surface area contributed by atoms with Gasteiger partial charge in [-0.15, -0.1) is 0 Å². The molecule has 1 aromatic heterocycles. The molecule has 0 amide bonds. The van der Waals surface area contributed by atoms with Gasteiger partial charge in [-0.3, -0.25) is 0 Å². The molecule has 0 fully saturated rings. The van der Waals surface area contributed by atoms with E-state index in [9.17, 15) is 0 Å². The number of pyridine rings is 1. The number of fused-ring (bicyclic) bond motifs is 1. The third-order valence-corrected chi connectivity index (χ3v) is 3.48.